The van der Waals surface area contributed by atoms with Crippen molar-refractivity contribution in [3.8, 4) is 0 Å². The van der Waals surface area contributed by atoms with Crippen LogP contribution in [0.3, 0.4) is 0 Å². The molecule has 1 amide bonds. The van der Waals surface area contributed by atoms with E-state index in [1.165, 1.54) is 5.56 Å². The number of allylic oxidation sites excluding steroid dienone is 1. The van der Waals surface area contributed by atoms with E-state index in [2.05, 4.69) is 29.6 Å². The lowest BCUT2D eigenvalue weighted by Gasteiger charge is -2.23. The highest BCUT2D eigenvalue weighted by atomic mass is 35.5. The van der Waals surface area contributed by atoms with Crippen LogP contribution in [0.2, 0.25) is 5.02 Å². The molecule has 0 spiro atoms. The normalized spacial score (nSPS) is 25.5. The third kappa shape index (κ3) is 5.76. The first-order valence-electron chi connectivity index (χ1n) is 8.68. The Morgan fingerprint density at radius 2 is 1.96 bits per heavy atom. The Bertz CT molecular complexity index is 624. The second kappa shape index (κ2) is 10.6. The summed E-state index contributed by atoms with van der Waals surface area (Å²) in [5, 5.41) is 10.7. The first-order valence-corrected chi connectivity index (χ1v) is 10.2. The topological polar surface area (TPSA) is 92.4 Å². The molecule has 3 rings (SSSR count). The van der Waals surface area contributed by atoms with Crippen molar-refractivity contribution in [3.63, 3.8) is 0 Å². The average molecular weight is 397 g/mol. The molecule has 2 aliphatic carbocycles. The molecular weight excluding hydrogens is 372 g/mol. The van der Waals surface area contributed by atoms with Gasteiger partial charge in [0.05, 0.1) is 5.92 Å². The number of hydrogen-bond acceptors (Lipinski definition) is 4. The van der Waals surface area contributed by atoms with Crippen molar-refractivity contribution in [2.24, 2.45) is 23.5 Å². The van der Waals surface area contributed by atoms with Gasteiger partial charge in [0.2, 0.25) is 5.91 Å². The van der Waals surface area contributed by atoms with Crippen molar-refractivity contribution in [1.82, 2.24) is 5.32 Å². The summed E-state index contributed by atoms with van der Waals surface area (Å²) in [4.78, 5) is 20.6. The van der Waals surface area contributed by atoms with Gasteiger partial charge in [-0.25, -0.2) is 0 Å². The highest BCUT2D eigenvalue weighted by molar-refractivity contribution is 7.98. The highest BCUT2D eigenvalue weighted by Crippen LogP contribution is 2.42. The van der Waals surface area contributed by atoms with Crippen molar-refractivity contribution in [1.29, 1.82) is 0 Å². The van der Waals surface area contributed by atoms with Crippen molar-refractivity contribution < 1.29 is 14.7 Å². The molecule has 142 valence electrons. The number of benzene rings is 1. The van der Waals surface area contributed by atoms with Gasteiger partial charge < -0.3 is 16.2 Å². The summed E-state index contributed by atoms with van der Waals surface area (Å²) < 4.78 is 0. The summed E-state index contributed by atoms with van der Waals surface area (Å²) in [6.45, 7) is 0.483. The fourth-order valence-electron chi connectivity index (χ4n) is 3.50. The molecule has 7 heteroatoms. The second-order valence-corrected chi connectivity index (χ2v) is 8.02. The molecule has 1 aromatic rings. The maximum absolute atomic E-state index is 12.3. The third-order valence-electron chi connectivity index (χ3n) is 4.77. The second-order valence-electron chi connectivity index (χ2n) is 6.48. The Hall–Kier alpha value is -1.50. The van der Waals surface area contributed by atoms with Crippen LogP contribution in [0, 0.1) is 17.8 Å². The standard InChI is InChI=1S/C18H23ClN2OS.CH2O2/c19-15-6-2-12(3-7-15)11-23-9-1-8-21-18(22)16-13-4-5-14(10-13)17(16)20;2-1-3/h2-7,13-14,16-17H,1,8-11,20H2,(H,21,22);1H,(H,2,3)/t13-,14+,16-,17+;/m1./s1. The van der Waals surface area contributed by atoms with Gasteiger partial charge in [-0.05, 0) is 48.1 Å². The van der Waals surface area contributed by atoms with Crippen LogP contribution in [0.5, 0.6) is 0 Å². The molecule has 1 aromatic carbocycles. The number of carbonyl (C=O) groups is 2. The summed E-state index contributed by atoms with van der Waals surface area (Å²) in [5.74, 6) is 2.89. The van der Waals surface area contributed by atoms with E-state index in [4.69, 9.17) is 27.2 Å². The van der Waals surface area contributed by atoms with Crippen molar-refractivity contribution in [3.05, 3.63) is 47.0 Å². The predicted molar refractivity (Wildman–Crippen MR) is 106 cm³/mol. The van der Waals surface area contributed by atoms with Crippen molar-refractivity contribution >= 4 is 35.7 Å². The number of carbonyl (C=O) groups excluding carboxylic acids is 1. The lowest BCUT2D eigenvalue weighted by molar-refractivity contribution is -0.126. The summed E-state index contributed by atoms with van der Waals surface area (Å²) >= 11 is 7.75. The SMILES string of the molecule is N[C@@H]1[C@H](C(=O)NCCCSCc2ccc(Cl)cc2)[C@@H]2C=C[C@H]1C2.O=CO. The van der Waals surface area contributed by atoms with Gasteiger partial charge in [-0.2, -0.15) is 11.8 Å². The minimum absolute atomic E-state index is 0.00396. The van der Waals surface area contributed by atoms with Gasteiger partial charge >= 0.3 is 0 Å². The summed E-state index contributed by atoms with van der Waals surface area (Å²) in [6.07, 6.45) is 6.37. The molecular formula is C19H25ClN2O3S. The quantitative estimate of drug-likeness (QED) is 0.374. The molecule has 0 heterocycles. The fraction of sp³-hybridized carbons (Fsp3) is 0.474. The first kappa shape index (κ1) is 20.8. The first-order chi connectivity index (χ1) is 12.6. The minimum Gasteiger partial charge on any atom is -0.483 e. The maximum Gasteiger partial charge on any atom is 0.290 e. The number of halogens is 1. The zero-order chi connectivity index (χ0) is 18.9. The van der Waals surface area contributed by atoms with Gasteiger partial charge in [0.25, 0.3) is 6.47 Å². The van der Waals surface area contributed by atoms with Crippen LogP contribution in [0.25, 0.3) is 0 Å². The molecule has 1 saturated carbocycles. The molecule has 4 N–H and O–H groups in total. The van der Waals surface area contributed by atoms with E-state index in [0.717, 1.165) is 35.9 Å². The molecule has 4 atom stereocenters. The lowest BCUT2D eigenvalue weighted by atomic mass is 9.89. The number of carboxylic acid groups (broad SMARTS) is 1. The number of nitrogens with one attached hydrogen (secondary N) is 1. The Morgan fingerprint density at radius 1 is 1.31 bits per heavy atom. The number of rotatable bonds is 7. The zero-order valence-corrected chi connectivity index (χ0v) is 16.1. The van der Waals surface area contributed by atoms with Crippen LogP contribution in [0.1, 0.15) is 18.4 Å². The Balaban J connectivity index is 0.000000758. The number of amides is 1. The molecule has 2 bridgehead atoms. The zero-order valence-electron chi connectivity index (χ0n) is 14.5. The van der Waals surface area contributed by atoms with E-state index in [0.29, 0.717) is 11.8 Å². The number of fused-ring (bicyclic) bond motifs is 2. The molecule has 0 unspecified atom stereocenters. The number of thioether (sulfide) groups is 1. The van der Waals surface area contributed by atoms with E-state index >= 15 is 0 Å². The third-order valence-corrected chi connectivity index (χ3v) is 6.14. The maximum atomic E-state index is 12.3. The van der Waals surface area contributed by atoms with Crippen LogP contribution in [-0.4, -0.2) is 35.8 Å². The monoisotopic (exact) mass is 396 g/mol. The van der Waals surface area contributed by atoms with E-state index < -0.39 is 0 Å². The fourth-order valence-corrected chi connectivity index (χ4v) is 4.55. The van der Waals surface area contributed by atoms with Crippen LogP contribution in [0.4, 0.5) is 0 Å². The highest BCUT2D eigenvalue weighted by Gasteiger charge is 2.45. The largest absolute Gasteiger partial charge is 0.483 e. The summed E-state index contributed by atoms with van der Waals surface area (Å²) in [6, 6.07) is 7.96. The molecule has 0 radical (unpaired) electrons. The molecule has 2 aliphatic rings. The molecule has 0 aromatic heterocycles. The molecule has 5 nitrogen and oxygen atoms in total. The Kier molecular flexibility index (Phi) is 8.48. The summed E-state index contributed by atoms with van der Waals surface area (Å²) in [7, 11) is 0. The molecule has 1 fully saturated rings. The number of nitrogens with two attached hydrogens (primary N) is 1. The minimum atomic E-state index is -0.250. The van der Waals surface area contributed by atoms with Crippen LogP contribution < -0.4 is 11.1 Å². The molecule has 0 aliphatic heterocycles. The Labute approximate surface area is 163 Å². The summed E-state index contributed by atoms with van der Waals surface area (Å²) in [5.41, 5.74) is 7.45. The van der Waals surface area contributed by atoms with E-state index in [1.807, 2.05) is 23.9 Å². The smallest absolute Gasteiger partial charge is 0.290 e. The van der Waals surface area contributed by atoms with E-state index in [9.17, 15) is 4.79 Å². The van der Waals surface area contributed by atoms with Crippen molar-refractivity contribution in [2.45, 2.75) is 24.6 Å². The van der Waals surface area contributed by atoms with Crippen LogP contribution >= 0.6 is 23.4 Å². The van der Waals surface area contributed by atoms with Gasteiger partial charge in [0, 0.05) is 23.4 Å². The van der Waals surface area contributed by atoms with E-state index in [1.54, 1.807) is 0 Å². The van der Waals surface area contributed by atoms with Crippen LogP contribution in [-0.2, 0) is 15.3 Å². The van der Waals surface area contributed by atoms with Gasteiger partial charge in [0.15, 0.2) is 0 Å². The van der Waals surface area contributed by atoms with Gasteiger partial charge in [-0.1, -0.05) is 35.9 Å². The lowest BCUT2D eigenvalue weighted by Crippen LogP contribution is -2.44. The predicted octanol–water partition coefficient (Wildman–Crippen LogP) is 2.93. The van der Waals surface area contributed by atoms with Gasteiger partial charge in [-0.3, -0.25) is 9.59 Å². The Morgan fingerprint density at radius 3 is 2.58 bits per heavy atom. The van der Waals surface area contributed by atoms with Gasteiger partial charge in [-0.15, -0.1) is 0 Å². The molecule has 0 saturated heterocycles. The van der Waals surface area contributed by atoms with E-state index in [-0.39, 0.29) is 24.3 Å². The van der Waals surface area contributed by atoms with Crippen LogP contribution in [0.15, 0.2) is 36.4 Å². The number of hydrogen-bond donors (Lipinski definition) is 3. The average Bonchev–Trinajstić information content (AvgIpc) is 3.21. The van der Waals surface area contributed by atoms with Crippen molar-refractivity contribution in [2.75, 3.05) is 12.3 Å². The van der Waals surface area contributed by atoms with Gasteiger partial charge in [0.1, 0.15) is 0 Å². The molecule has 26 heavy (non-hydrogen) atoms.